The maximum absolute atomic E-state index is 12.6. The van der Waals surface area contributed by atoms with E-state index in [1.165, 1.54) is 12.8 Å². The van der Waals surface area contributed by atoms with Crippen LogP contribution in [0, 0.1) is 6.92 Å². The molecule has 7 heteroatoms. The van der Waals surface area contributed by atoms with Gasteiger partial charge in [0.2, 0.25) is 5.91 Å². The van der Waals surface area contributed by atoms with Crippen molar-refractivity contribution in [2.24, 2.45) is 5.73 Å². The number of nitrogens with one attached hydrogen (secondary N) is 1. The summed E-state index contributed by atoms with van der Waals surface area (Å²) in [6.07, 6.45) is 3.03. The summed E-state index contributed by atoms with van der Waals surface area (Å²) >= 11 is 0. The normalized spacial score (nSPS) is 18.1. The van der Waals surface area contributed by atoms with Gasteiger partial charge in [-0.05, 0) is 68.6 Å². The molecule has 3 unspecified atom stereocenters. The molecule has 3 atom stereocenters. The second-order valence-corrected chi connectivity index (χ2v) is 8.71. The Bertz CT molecular complexity index is 1180. The van der Waals surface area contributed by atoms with Crippen LogP contribution in [0.5, 0.6) is 5.75 Å². The molecule has 7 nitrogen and oxygen atoms in total. The molecule has 1 aliphatic rings. The number of aliphatic hydroxyl groups is 1. The largest absolute Gasteiger partial charge is 0.494 e. The Balaban J connectivity index is 1.55. The highest BCUT2D eigenvalue weighted by atomic mass is 16.5. The van der Waals surface area contributed by atoms with Crippen LogP contribution < -0.4 is 21.4 Å². The lowest BCUT2D eigenvalue weighted by Crippen LogP contribution is -2.35. The molecule has 3 aromatic rings. The van der Waals surface area contributed by atoms with Gasteiger partial charge in [-0.2, -0.15) is 0 Å². The van der Waals surface area contributed by atoms with Crippen LogP contribution in [0.4, 0.5) is 0 Å². The molecule has 1 amide bonds. The number of hydrogen-bond acceptors (Lipinski definition) is 6. The van der Waals surface area contributed by atoms with Crippen molar-refractivity contribution in [1.82, 2.24) is 5.32 Å². The van der Waals surface area contributed by atoms with Gasteiger partial charge in [0.05, 0.1) is 18.1 Å². The van der Waals surface area contributed by atoms with Gasteiger partial charge < -0.3 is 25.3 Å². The molecule has 2 aromatic carbocycles. The van der Waals surface area contributed by atoms with E-state index in [2.05, 4.69) is 5.32 Å². The molecule has 2 heterocycles. The van der Waals surface area contributed by atoms with Gasteiger partial charge in [0.15, 0.2) is 0 Å². The molecule has 174 valence electrons. The number of amides is 1. The number of rotatable bonds is 8. The number of hydrogen-bond donors (Lipinski definition) is 3. The zero-order chi connectivity index (χ0) is 23.4. The van der Waals surface area contributed by atoms with Crippen molar-refractivity contribution in [3.63, 3.8) is 0 Å². The highest BCUT2D eigenvalue weighted by molar-refractivity contribution is 5.83. The number of aryl methyl sites for hydroxylation is 1. The highest BCUT2D eigenvalue weighted by Crippen LogP contribution is 2.32. The highest BCUT2D eigenvalue weighted by Gasteiger charge is 2.31. The molecular weight excluding hydrogens is 420 g/mol. The molecule has 4 rings (SSSR count). The summed E-state index contributed by atoms with van der Waals surface area (Å²) in [7, 11) is 0. The van der Waals surface area contributed by atoms with E-state index in [0.29, 0.717) is 34.9 Å². The van der Waals surface area contributed by atoms with Crippen LogP contribution in [-0.4, -0.2) is 30.2 Å². The predicted molar refractivity (Wildman–Crippen MR) is 126 cm³/mol. The van der Waals surface area contributed by atoms with E-state index in [1.807, 2.05) is 19.1 Å². The van der Waals surface area contributed by atoms with Crippen LogP contribution in [0.1, 0.15) is 54.4 Å². The Morgan fingerprint density at radius 2 is 2.09 bits per heavy atom. The fourth-order valence-corrected chi connectivity index (χ4v) is 4.43. The summed E-state index contributed by atoms with van der Waals surface area (Å²) in [6, 6.07) is 14.4. The van der Waals surface area contributed by atoms with Gasteiger partial charge in [0, 0.05) is 11.4 Å². The third kappa shape index (κ3) is 5.43. The number of nitrogens with two attached hydrogens (primary N) is 1. The number of ether oxygens (including phenoxy) is 1. The van der Waals surface area contributed by atoms with Crippen LogP contribution in [0.3, 0.4) is 0 Å². The van der Waals surface area contributed by atoms with Crippen molar-refractivity contribution < 1.29 is 19.1 Å². The summed E-state index contributed by atoms with van der Waals surface area (Å²) in [6.45, 7) is 3.50. The zero-order valence-corrected chi connectivity index (χ0v) is 18.8. The maximum atomic E-state index is 12.6. The molecule has 0 saturated carbocycles. The van der Waals surface area contributed by atoms with E-state index in [0.717, 1.165) is 24.9 Å². The summed E-state index contributed by atoms with van der Waals surface area (Å²) in [5.74, 6) is -1.28. The molecule has 0 spiro atoms. The van der Waals surface area contributed by atoms with Gasteiger partial charge >= 0.3 is 5.63 Å². The van der Waals surface area contributed by atoms with Gasteiger partial charge in [-0.25, -0.2) is 4.79 Å². The minimum absolute atomic E-state index is 0.00778. The first-order valence-corrected chi connectivity index (χ1v) is 11.4. The summed E-state index contributed by atoms with van der Waals surface area (Å²) in [5, 5.41) is 15.2. The van der Waals surface area contributed by atoms with Crippen LogP contribution >= 0.6 is 0 Å². The van der Waals surface area contributed by atoms with E-state index in [9.17, 15) is 14.7 Å². The van der Waals surface area contributed by atoms with E-state index < -0.39 is 23.6 Å². The molecule has 4 N–H and O–H groups in total. The third-order valence-electron chi connectivity index (χ3n) is 6.22. The molecule has 0 bridgehead atoms. The Kier molecular flexibility index (Phi) is 7.11. The summed E-state index contributed by atoms with van der Waals surface area (Å²) in [4.78, 5) is 24.9. The number of fused-ring (bicyclic) bond motifs is 1. The molecule has 1 fully saturated rings. The molecule has 1 aliphatic heterocycles. The van der Waals surface area contributed by atoms with Crippen LogP contribution in [-0.2, 0) is 4.79 Å². The molecular formula is C26H30N2O5. The third-order valence-corrected chi connectivity index (χ3v) is 6.22. The Hall–Kier alpha value is -3.16. The van der Waals surface area contributed by atoms with Crippen molar-refractivity contribution >= 4 is 16.9 Å². The van der Waals surface area contributed by atoms with E-state index in [1.54, 1.807) is 36.4 Å². The number of aliphatic hydroxyl groups excluding tert-OH is 1. The Morgan fingerprint density at radius 3 is 2.85 bits per heavy atom. The number of piperidine rings is 1. The smallest absolute Gasteiger partial charge is 0.342 e. The van der Waals surface area contributed by atoms with Crippen molar-refractivity contribution in [1.29, 1.82) is 0 Å². The quantitative estimate of drug-likeness (QED) is 0.454. The van der Waals surface area contributed by atoms with Gasteiger partial charge in [-0.15, -0.1) is 0 Å². The Labute approximate surface area is 192 Å². The van der Waals surface area contributed by atoms with Crippen molar-refractivity contribution in [3.8, 4) is 5.75 Å². The van der Waals surface area contributed by atoms with Crippen molar-refractivity contribution in [3.05, 3.63) is 75.6 Å². The lowest BCUT2D eigenvalue weighted by molar-refractivity contribution is -0.122. The SMILES string of the molecule is Cc1ccc2oc(=O)c(C(O)C(C(N)=O)c3cccc(OCCC4CCCCN4)c3)cc2c1. The second kappa shape index (κ2) is 10.2. The molecule has 0 aliphatic carbocycles. The number of benzene rings is 2. The minimum atomic E-state index is -1.45. The first-order chi connectivity index (χ1) is 15.9. The predicted octanol–water partition coefficient (Wildman–Crippen LogP) is 3.31. The number of carbonyl (C=O) groups excluding carboxylic acids is 1. The lowest BCUT2D eigenvalue weighted by Gasteiger charge is -2.23. The molecule has 33 heavy (non-hydrogen) atoms. The number of carbonyl (C=O) groups is 1. The summed E-state index contributed by atoms with van der Waals surface area (Å²) < 4.78 is 11.3. The lowest BCUT2D eigenvalue weighted by atomic mass is 9.88. The average molecular weight is 451 g/mol. The van der Waals surface area contributed by atoms with Crippen LogP contribution in [0.15, 0.2) is 57.7 Å². The van der Waals surface area contributed by atoms with Crippen molar-refractivity contribution in [2.45, 2.75) is 50.7 Å². The van der Waals surface area contributed by atoms with Gasteiger partial charge in [0.25, 0.3) is 0 Å². The zero-order valence-electron chi connectivity index (χ0n) is 18.8. The molecule has 1 aromatic heterocycles. The first-order valence-electron chi connectivity index (χ1n) is 11.4. The second-order valence-electron chi connectivity index (χ2n) is 8.71. The van der Waals surface area contributed by atoms with E-state index in [4.69, 9.17) is 14.9 Å². The van der Waals surface area contributed by atoms with Gasteiger partial charge in [-0.3, -0.25) is 4.79 Å². The van der Waals surface area contributed by atoms with Crippen molar-refractivity contribution in [2.75, 3.05) is 13.2 Å². The maximum Gasteiger partial charge on any atom is 0.342 e. The fraction of sp³-hybridized carbons (Fsp3) is 0.385. The van der Waals surface area contributed by atoms with Crippen LogP contribution in [0.2, 0.25) is 0 Å². The minimum Gasteiger partial charge on any atom is -0.494 e. The monoisotopic (exact) mass is 450 g/mol. The average Bonchev–Trinajstić information content (AvgIpc) is 2.80. The van der Waals surface area contributed by atoms with E-state index in [-0.39, 0.29) is 5.56 Å². The first kappa shape index (κ1) is 23.0. The fourth-order valence-electron chi connectivity index (χ4n) is 4.43. The van der Waals surface area contributed by atoms with Crippen LogP contribution in [0.25, 0.3) is 11.0 Å². The van der Waals surface area contributed by atoms with Gasteiger partial charge in [-0.1, -0.05) is 30.2 Å². The summed E-state index contributed by atoms with van der Waals surface area (Å²) in [5.41, 5.74) is 6.83. The Morgan fingerprint density at radius 1 is 1.24 bits per heavy atom. The topological polar surface area (TPSA) is 115 Å². The van der Waals surface area contributed by atoms with Gasteiger partial charge in [0.1, 0.15) is 17.4 Å². The van der Waals surface area contributed by atoms with E-state index >= 15 is 0 Å². The number of primary amides is 1. The molecule has 0 radical (unpaired) electrons. The molecule has 1 saturated heterocycles. The standard InChI is InChI=1S/C26H30N2O5/c1-16-8-9-22-18(13-16)15-21(26(31)33-22)24(29)23(25(27)30)17-5-4-7-20(14-17)32-12-10-19-6-2-3-11-28-19/h4-5,7-9,13-15,19,23-24,28-29H,2-3,6,10-12H2,1H3,(H2,27,30).